The Hall–Kier alpha value is -1.71. The van der Waals surface area contributed by atoms with E-state index in [4.69, 9.17) is 27.9 Å². The van der Waals surface area contributed by atoms with Crippen molar-refractivity contribution in [3.8, 4) is 5.75 Å². The van der Waals surface area contributed by atoms with Crippen LogP contribution < -0.4 is 10.1 Å². The molecule has 3 nitrogen and oxygen atoms in total. The Balaban J connectivity index is 1.82. The third kappa shape index (κ3) is 4.93. The Kier molecular flexibility index (Phi) is 6.10. The van der Waals surface area contributed by atoms with Gasteiger partial charge >= 0.3 is 0 Å². The smallest absolute Gasteiger partial charge is 0.260 e. The third-order valence-electron chi connectivity index (χ3n) is 3.12. The quantitative estimate of drug-likeness (QED) is 0.860. The zero-order valence-electron chi connectivity index (χ0n) is 12.2. The molecule has 0 radical (unpaired) electrons. The highest BCUT2D eigenvalue weighted by Crippen LogP contribution is 2.28. The summed E-state index contributed by atoms with van der Waals surface area (Å²) in [4.78, 5) is 12.0. The molecule has 1 amide bonds. The summed E-state index contributed by atoms with van der Waals surface area (Å²) in [5.41, 5.74) is 1.18. The standard InChI is InChI=1S/C17H17Cl2NO2/c1-12(22-16-8-7-14(18)11-15(16)19)17(21)20-10-9-13-5-3-2-4-6-13/h2-8,11-12H,9-10H2,1H3,(H,20,21)/t12-/m1/s1. The molecule has 0 aliphatic rings. The van der Waals surface area contributed by atoms with Gasteiger partial charge in [-0.25, -0.2) is 0 Å². The fourth-order valence-corrected chi connectivity index (χ4v) is 2.39. The molecule has 0 heterocycles. The second-order valence-corrected chi connectivity index (χ2v) is 5.71. The lowest BCUT2D eigenvalue weighted by Gasteiger charge is -2.15. The first-order valence-electron chi connectivity index (χ1n) is 6.99. The molecule has 116 valence electrons. The molecule has 2 aromatic rings. The highest BCUT2D eigenvalue weighted by atomic mass is 35.5. The normalized spacial score (nSPS) is 11.8. The molecule has 0 aromatic heterocycles. The first-order valence-corrected chi connectivity index (χ1v) is 7.75. The summed E-state index contributed by atoms with van der Waals surface area (Å²) in [5, 5.41) is 3.76. The molecule has 1 atom stereocenters. The topological polar surface area (TPSA) is 38.3 Å². The average molecular weight is 338 g/mol. The zero-order chi connectivity index (χ0) is 15.9. The molecule has 0 fully saturated rings. The molecule has 0 saturated heterocycles. The van der Waals surface area contributed by atoms with E-state index in [2.05, 4.69) is 5.32 Å². The van der Waals surface area contributed by atoms with E-state index in [1.54, 1.807) is 25.1 Å². The van der Waals surface area contributed by atoms with Crippen molar-refractivity contribution in [2.45, 2.75) is 19.4 Å². The Morgan fingerprint density at radius 3 is 2.59 bits per heavy atom. The second kappa shape index (κ2) is 8.06. The number of ether oxygens (including phenoxy) is 1. The summed E-state index contributed by atoms with van der Waals surface area (Å²) in [5.74, 6) is 0.263. The van der Waals surface area contributed by atoms with Crippen LogP contribution in [0.25, 0.3) is 0 Å². The minimum absolute atomic E-state index is 0.179. The molecule has 0 bridgehead atoms. The van der Waals surface area contributed by atoms with E-state index < -0.39 is 6.10 Å². The van der Waals surface area contributed by atoms with Gasteiger partial charge in [0.25, 0.3) is 5.91 Å². The fraction of sp³-hybridized carbons (Fsp3) is 0.235. The first kappa shape index (κ1) is 16.7. The Morgan fingerprint density at radius 1 is 1.18 bits per heavy atom. The monoisotopic (exact) mass is 337 g/mol. The second-order valence-electron chi connectivity index (χ2n) is 4.86. The zero-order valence-corrected chi connectivity index (χ0v) is 13.7. The van der Waals surface area contributed by atoms with Crippen LogP contribution in [0.2, 0.25) is 10.0 Å². The van der Waals surface area contributed by atoms with E-state index in [9.17, 15) is 4.79 Å². The van der Waals surface area contributed by atoms with Gasteiger partial charge in [-0.15, -0.1) is 0 Å². The van der Waals surface area contributed by atoms with Gasteiger partial charge in [-0.3, -0.25) is 4.79 Å². The van der Waals surface area contributed by atoms with Crippen molar-refractivity contribution in [1.29, 1.82) is 0 Å². The van der Waals surface area contributed by atoms with Gasteiger partial charge in [-0.1, -0.05) is 53.5 Å². The van der Waals surface area contributed by atoms with Gasteiger partial charge in [-0.2, -0.15) is 0 Å². The van der Waals surface area contributed by atoms with Crippen molar-refractivity contribution in [3.63, 3.8) is 0 Å². The van der Waals surface area contributed by atoms with E-state index in [0.717, 1.165) is 6.42 Å². The molecule has 0 unspecified atom stereocenters. The van der Waals surface area contributed by atoms with Gasteiger partial charge < -0.3 is 10.1 Å². The number of halogens is 2. The Morgan fingerprint density at radius 2 is 1.91 bits per heavy atom. The van der Waals surface area contributed by atoms with Crippen molar-refractivity contribution in [2.75, 3.05) is 6.54 Å². The predicted molar refractivity (Wildman–Crippen MR) is 89.7 cm³/mol. The van der Waals surface area contributed by atoms with Crippen molar-refractivity contribution in [1.82, 2.24) is 5.32 Å². The number of amides is 1. The number of rotatable bonds is 6. The molecule has 2 aromatic carbocycles. The lowest BCUT2D eigenvalue weighted by Crippen LogP contribution is -2.37. The highest BCUT2D eigenvalue weighted by Gasteiger charge is 2.15. The summed E-state index contributed by atoms with van der Waals surface area (Å²) >= 11 is 11.8. The van der Waals surface area contributed by atoms with E-state index in [1.165, 1.54) is 5.56 Å². The first-order chi connectivity index (χ1) is 10.6. The van der Waals surface area contributed by atoms with Gasteiger partial charge in [0.15, 0.2) is 6.10 Å². The van der Waals surface area contributed by atoms with E-state index in [1.807, 2.05) is 30.3 Å². The van der Waals surface area contributed by atoms with Crippen molar-refractivity contribution in [2.24, 2.45) is 0 Å². The number of benzene rings is 2. The van der Waals surface area contributed by atoms with Gasteiger partial charge in [0.1, 0.15) is 5.75 Å². The predicted octanol–water partition coefficient (Wildman–Crippen LogP) is 4.12. The third-order valence-corrected chi connectivity index (χ3v) is 3.65. The Labute approximate surface area is 140 Å². The van der Waals surface area contributed by atoms with Crippen LogP contribution in [0.15, 0.2) is 48.5 Å². The van der Waals surface area contributed by atoms with Gasteiger partial charge in [0, 0.05) is 11.6 Å². The number of nitrogens with one attached hydrogen (secondary N) is 1. The maximum Gasteiger partial charge on any atom is 0.260 e. The van der Waals surface area contributed by atoms with Gasteiger partial charge in [-0.05, 0) is 37.1 Å². The molecule has 0 saturated carbocycles. The maximum atomic E-state index is 12.0. The maximum absolute atomic E-state index is 12.0. The minimum atomic E-state index is -0.630. The van der Waals surface area contributed by atoms with Crippen LogP contribution in [0, 0.1) is 0 Å². The molecule has 22 heavy (non-hydrogen) atoms. The van der Waals surface area contributed by atoms with E-state index in [-0.39, 0.29) is 5.91 Å². The largest absolute Gasteiger partial charge is 0.479 e. The average Bonchev–Trinajstić information content (AvgIpc) is 2.51. The minimum Gasteiger partial charge on any atom is -0.479 e. The highest BCUT2D eigenvalue weighted by molar-refractivity contribution is 6.35. The van der Waals surface area contributed by atoms with Crippen LogP contribution in [0.5, 0.6) is 5.75 Å². The molecule has 5 heteroatoms. The van der Waals surface area contributed by atoms with Crippen LogP contribution in [0.4, 0.5) is 0 Å². The number of hydrogen-bond donors (Lipinski definition) is 1. The SMILES string of the molecule is C[C@@H](Oc1ccc(Cl)cc1Cl)C(=O)NCCc1ccccc1. The molecular formula is C17H17Cl2NO2. The van der Waals surface area contributed by atoms with Crippen LogP contribution in [0.3, 0.4) is 0 Å². The lowest BCUT2D eigenvalue weighted by atomic mass is 10.1. The van der Waals surface area contributed by atoms with E-state index >= 15 is 0 Å². The lowest BCUT2D eigenvalue weighted by molar-refractivity contribution is -0.127. The van der Waals surface area contributed by atoms with Gasteiger partial charge in [0.2, 0.25) is 0 Å². The van der Waals surface area contributed by atoms with E-state index in [0.29, 0.717) is 22.3 Å². The summed E-state index contributed by atoms with van der Waals surface area (Å²) in [6, 6.07) is 14.9. The Bertz CT molecular complexity index is 632. The number of carbonyl (C=O) groups is 1. The van der Waals surface area contributed by atoms with Crippen LogP contribution in [-0.2, 0) is 11.2 Å². The van der Waals surface area contributed by atoms with Crippen molar-refractivity contribution >= 4 is 29.1 Å². The summed E-state index contributed by atoms with van der Waals surface area (Å²) in [6.45, 7) is 2.24. The molecular weight excluding hydrogens is 321 g/mol. The molecule has 0 spiro atoms. The van der Waals surface area contributed by atoms with Crippen molar-refractivity contribution < 1.29 is 9.53 Å². The van der Waals surface area contributed by atoms with Crippen LogP contribution >= 0.6 is 23.2 Å². The van der Waals surface area contributed by atoms with Gasteiger partial charge in [0.05, 0.1) is 5.02 Å². The molecule has 0 aliphatic heterocycles. The number of hydrogen-bond acceptors (Lipinski definition) is 2. The summed E-state index contributed by atoms with van der Waals surface area (Å²) < 4.78 is 5.56. The molecule has 1 N–H and O–H groups in total. The summed E-state index contributed by atoms with van der Waals surface area (Å²) in [7, 11) is 0. The van der Waals surface area contributed by atoms with Crippen LogP contribution in [0.1, 0.15) is 12.5 Å². The molecule has 2 rings (SSSR count). The summed E-state index contributed by atoms with van der Waals surface area (Å²) in [6.07, 6.45) is 0.149. The number of carbonyl (C=O) groups excluding carboxylic acids is 1. The fourth-order valence-electron chi connectivity index (χ4n) is 1.93. The molecule has 0 aliphatic carbocycles. The van der Waals surface area contributed by atoms with Crippen LogP contribution in [-0.4, -0.2) is 18.6 Å². The van der Waals surface area contributed by atoms with Crippen molar-refractivity contribution in [3.05, 3.63) is 64.1 Å².